The SMILES string of the molecule is Cc1cc(=O)c(C(=O)NC2CCN(C(=O)CC3CC(F)C3)CC2)n[nH]1. The number of carbonyl (C=O) groups is 2. The zero-order valence-electron chi connectivity index (χ0n) is 14.3. The number of amides is 2. The third-order valence-corrected chi connectivity index (χ3v) is 4.96. The first kappa shape index (κ1) is 17.6. The first-order chi connectivity index (χ1) is 11.9. The second-order valence-corrected chi connectivity index (χ2v) is 7.03. The molecule has 0 unspecified atom stereocenters. The van der Waals surface area contributed by atoms with E-state index in [2.05, 4.69) is 15.5 Å². The van der Waals surface area contributed by atoms with E-state index in [0.29, 0.717) is 50.9 Å². The number of aromatic nitrogens is 2. The van der Waals surface area contributed by atoms with E-state index in [0.717, 1.165) is 0 Å². The summed E-state index contributed by atoms with van der Waals surface area (Å²) in [6.07, 6.45) is 1.94. The molecular formula is C17H23FN4O3. The van der Waals surface area contributed by atoms with Gasteiger partial charge in [-0.2, -0.15) is 5.10 Å². The van der Waals surface area contributed by atoms with Crippen molar-refractivity contribution in [1.29, 1.82) is 0 Å². The summed E-state index contributed by atoms with van der Waals surface area (Å²) in [4.78, 5) is 38.0. The van der Waals surface area contributed by atoms with Crippen molar-refractivity contribution in [2.45, 2.75) is 51.2 Å². The Labute approximate surface area is 145 Å². The fraction of sp³-hybridized carbons (Fsp3) is 0.647. The summed E-state index contributed by atoms with van der Waals surface area (Å²) in [6, 6.07) is 1.25. The quantitative estimate of drug-likeness (QED) is 0.845. The van der Waals surface area contributed by atoms with Crippen LogP contribution < -0.4 is 10.7 Å². The number of piperidine rings is 1. The number of H-pyrrole nitrogens is 1. The molecule has 7 nitrogen and oxygen atoms in total. The molecule has 0 aromatic carbocycles. The molecule has 2 fully saturated rings. The number of aromatic amines is 1. The van der Waals surface area contributed by atoms with E-state index < -0.39 is 17.5 Å². The number of hydrogen-bond donors (Lipinski definition) is 2. The predicted molar refractivity (Wildman–Crippen MR) is 88.9 cm³/mol. The monoisotopic (exact) mass is 350 g/mol. The highest BCUT2D eigenvalue weighted by atomic mass is 19.1. The van der Waals surface area contributed by atoms with Crippen LogP contribution in [0.5, 0.6) is 0 Å². The molecule has 1 aliphatic heterocycles. The summed E-state index contributed by atoms with van der Waals surface area (Å²) in [7, 11) is 0. The Morgan fingerprint density at radius 2 is 2.04 bits per heavy atom. The van der Waals surface area contributed by atoms with Gasteiger partial charge in [-0.05, 0) is 38.5 Å². The average Bonchev–Trinajstić information content (AvgIpc) is 2.53. The Morgan fingerprint density at radius 3 is 2.64 bits per heavy atom. The van der Waals surface area contributed by atoms with E-state index in [9.17, 15) is 18.8 Å². The van der Waals surface area contributed by atoms with Crippen molar-refractivity contribution in [3.63, 3.8) is 0 Å². The summed E-state index contributed by atoms with van der Waals surface area (Å²) in [5.41, 5.74) is 0.0433. The highest BCUT2D eigenvalue weighted by molar-refractivity contribution is 5.92. The Bertz CT molecular complexity index is 706. The van der Waals surface area contributed by atoms with Crippen molar-refractivity contribution in [3.05, 3.63) is 27.7 Å². The van der Waals surface area contributed by atoms with Gasteiger partial charge in [-0.3, -0.25) is 19.5 Å². The van der Waals surface area contributed by atoms with Crippen molar-refractivity contribution in [2.75, 3.05) is 13.1 Å². The number of alkyl halides is 1. The van der Waals surface area contributed by atoms with Gasteiger partial charge in [0.2, 0.25) is 11.3 Å². The molecule has 136 valence electrons. The van der Waals surface area contributed by atoms with E-state index in [-0.39, 0.29) is 23.6 Å². The Hall–Kier alpha value is -2.25. The maximum absolute atomic E-state index is 12.8. The molecule has 25 heavy (non-hydrogen) atoms. The van der Waals surface area contributed by atoms with Gasteiger partial charge in [0.05, 0.1) is 0 Å². The zero-order valence-corrected chi connectivity index (χ0v) is 14.3. The smallest absolute Gasteiger partial charge is 0.276 e. The van der Waals surface area contributed by atoms with Gasteiger partial charge in [0.1, 0.15) is 6.17 Å². The molecule has 1 aliphatic carbocycles. The number of likely N-dealkylation sites (tertiary alicyclic amines) is 1. The van der Waals surface area contributed by atoms with Crippen LogP contribution in [0.15, 0.2) is 10.9 Å². The minimum Gasteiger partial charge on any atom is -0.348 e. The highest BCUT2D eigenvalue weighted by Crippen LogP contribution is 2.33. The standard InChI is InChI=1S/C17H23FN4O3/c1-10-6-14(23)16(21-20-10)17(25)19-13-2-4-22(5-3-13)15(24)9-11-7-12(18)8-11/h6,11-13H,2-5,7-9H2,1H3,(H,19,25)(H,20,23). The number of carbonyl (C=O) groups excluding carboxylic acids is 2. The third-order valence-electron chi connectivity index (χ3n) is 4.96. The van der Waals surface area contributed by atoms with E-state index in [1.165, 1.54) is 6.07 Å². The lowest BCUT2D eigenvalue weighted by molar-refractivity contribution is -0.134. The number of aryl methyl sites for hydroxylation is 1. The zero-order chi connectivity index (χ0) is 18.0. The van der Waals surface area contributed by atoms with Gasteiger partial charge in [0, 0.05) is 37.3 Å². The summed E-state index contributed by atoms with van der Waals surface area (Å²) < 4.78 is 12.8. The fourth-order valence-electron chi connectivity index (χ4n) is 3.38. The van der Waals surface area contributed by atoms with Crippen LogP contribution in [0.25, 0.3) is 0 Å². The molecule has 1 saturated carbocycles. The maximum atomic E-state index is 12.8. The maximum Gasteiger partial charge on any atom is 0.276 e. The van der Waals surface area contributed by atoms with Gasteiger partial charge < -0.3 is 10.2 Å². The van der Waals surface area contributed by atoms with Crippen molar-refractivity contribution in [3.8, 4) is 0 Å². The molecule has 0 atom stereocenters. The van der Waals surface area contributed by atoms with Gasteiger partial charge in [-0.25, -0.2) is 4.39 Å². The van der Waals surface area contributed by atoms with Crippen LogP contribution in [0.1, 0.15) is 48.3 Å². The number of hydrogen-bond acceptors (Lipinski definition) is 4. The summed E-state index contributed by atoms with van der Waals surface area (Å²) in [6.45, 7) is 2.82. The molecule has 0 radical (unpaired) electrons. The molecular weight excluding hydrogens is 327 g/mol. The van der Waals surface area contributed by atoms with Crippen molar-refractivity contribution >= 4 is 11.8 Å². The second kappa shape index (κ2) is 7.33. The van der Waals surface area contributed by atoms with E-state index in [1.807, 2.05) is 0 Å². The highest BCUT2D eigenvalue weighted by Gasteiger charge is 2.33. The predicted octanol–water partition coefficient (Wildman–Crippen LogP) is 0.937. The molecule has 1 aromatic heterocycles. The fourth-order valence-corrected chi connectivity index (χ4v) is 3.38. The van der Waals surface area contributed by atoms with Crippen molar-refractivity contribution in [1.82, 2.24) is 20.4 Å². The average molecular weight is 350 g/mol. The van der Waals surface area contributed by atoms with Crippen LogP contribution in [-0.4, -0.2) is 52.2 Å². The Morgan fingerprint density at radius 1 is 1.36 bits per heavy atom. The molecule has 0 bridgehead atoms. The molecule has 2 N–H and O–H groups in total. The lowest BCUT2D eigenvalue weighted by Gasteiger charge is -2.35. The van der Waals surface area contributed by atoms with Crippen LogP contribution in [0.4, 0.5) is 4.39 Å². The van der Waals surface area contributed by atoms with Gasteiger partial charge in [0.15, 0.2) is 5.69 Å². The topological polar surface area (TPSA) is 95.2 Å². The first-order valence-electron chi connectivity index (χ1n) is 8.71. The molecule has 0 spiro atoms. The molecule has 2 heterocycles. The Balaban J connectivity index is 1.46. The summed E-state index contributed by atoms with van der Waals surface area (Å²) in [5.74, 6) is -0.243. The van der Waals surface area contributed by atoms with Crippen LogP contribution in [0, 0.1) is 12.8 Å². The number of halogens is 1. The molecule has 1 saturated heterocycles. The largest absolute Gasteiger partial charge is 0.348 e. The van der Waals surface area contributed by atoms with Crippen LogP contribution in [-0.2, 0) is 4.79 Å². The van der Waals surface area contributed by atoms with Crippen molar-refractivity contribution < 1.29 is 14.0 Å². The molecule has 8 heteroatoms. The minimum atomic E-state index is -0.739. The van der Waals surface area contributed by atoms with Crippen LogP contribution in [0.3, 0.4) is 0 Å². The first-order valence-corrected chi connectivity index (χ1v) is 8.71. The molecule has 2 aliphatic rings. The summed E-state index contributed by atoms with van der Waals surface area (Å²) >= 11 is 0. The summed E-state index contributed by atoms with van der Waals surface area (Å²) in [5, 5.41) is 9.23. The van der Waals surface area contributed by atoms with Gasteiger partial charge in [-0.15, -0.1) is 0 Å². The lowest BCUT2D eigenvalue weighted by atomic mass is 9.81. The van der Waals surface area contributed by atoms with Crippen LogP contribution >= 0.6 is 0 Å². The normalized spacial score (nSPS) is 23.8. The number of rotatable bonds is 4. The number of nitrogens with one attached hydrogen (secondary N) is 2. The number of nitrogens with zero attached hydrogens (tertiary/aromatic N) is 2. The van der Waals surface area contributed by atoms with Crippen molar-refractivity contribution in [2.24, 2.45) is 5.92 Å². The molecule has 3 rings (SSSR count). The molecule has 1 aromatic rings. The third kappa shape index (κ3) is 4.24. The van der Waals surface area contributed by atoms with E-state index in [4.69, 9.17) is 0 Å². The van der Waals surface area contributed by atoms with Gasteiger partial charge >= 0.3 is 0 Å². The van der Waals surface area contributed by atoms with E-state index in [1.54, 1.807) is 11.8 Å². The van der Waals surface area contributed by atoms with E-state index >= 15 is 0 Å². The minimum absolute atomic E-state index is 0.0679. The Kier molecular flexibility index (Phi) is 5.15. The second-order valence-electron chi connectivity index (χ2n) is 7.03. The molecule has 2 amide bonds. The van der Waals surface area contributed by atoms with Crippen LogP contribution in [0.2, 0.25) is 0 Å². The van der Waals surface area contributed by atoms with Gasteiger partial charge in [0.25, 0.3) is 5.91 Å². The lowest BCUT2D eigenvalue weighted by Crippen LogP contribution is -2.48. The van der Waals surface area contributed by atoms with Gasteiger partial charge in [-0.1, -0.05) is 0 Å².